The van der Waals surface area contributed by atoms with Crippen LogP contribution in [0.1, 0.15) is 37.8 Å². The summed E-state index contributed by atoms with van der Waals surface area (Å²) in [5.74, 6) is -0.607. The number of nitrogens with zero attached hydrogens (tertiary/aromatic N) is 3. The van der Waals surface area contributed by atoms with Crippen molar-refractivity contribution in [3.8, 4) is 0 Å². The predicted octanol–water partition coefficient (Wildman–Crippen LogP) is 2.89. The number of carbonyl (C=O) groups is 1. The number of amidine groups is 1. The highest BCUT2D eigenvalue weighted by Gasteiger charge is 2.20. The zero-order valence-corrected chi connectivity index (χ0v) is 21.3. The maximum Gasteiger partial charge on any atom is 0.422 e. The first-order valence-electron chi connectivity index (χ1n) is 10.9. The Kier molecular flexibility index (Phi) is 10.2. The molecule has 0 saturated heterocycles. The fourth-order valence-corrected chi connectivity index (χ4v) is 4.25. The van der Waals surface area contributed by atoms with Crippen LogP contribution in [0.4, 0.5) is 20.7 Å². The van der Waals surface area contributed by atoms with Gasteiger partial charge < -0.3 is 10.1 Å². The summed E-state index contributed by atoms with van der Waals surface area (Å²) in [6, 6.07) is 3.94. The lowest BCUT2D eigenvalue weighted by Crippen LogP contribution is -2.43. The van der Waals surface area contributed by atoms with Crippen LogP contribution >= 0.6 is 15.9 Å². The first kappa shape index (κ1) is 27.5. The number of benzene rings is 1. The van der Waals surface area contributed by atoms with Gasteiger partial charge in [-0.15, -0.1) is 0 Å². The summed E-state index contributed by atoms with van der Waals surface area (Å²) in [6.07, 6.45) is 6.63. The summed E-state index contributed by atoms with van der Waals surface area (Å²) in [5, 5.41) is 19.5. The van der Waals surface area contributed by atoms with Gasteiger partial charge in [-0.1, -0.05) is 12.5 Å². The molecule has 1 aromatic heterocycles. The molecule has 0 aliphatic heterocycles. The Morgan fingerprint density at radius 3 is 2.89 bits per heavy atom. The van der Waals surface area contributed by atoms with Crippen molar-refractivity contribution in [1.82, 2.24) is 25.2 Å². The topological polar surface area (TPSA) is 180 Å². The predicted molar refractivity (Wildman–Crippen MR) is 131 cm³/mol. The Hall–Kier alpha value is -3.08. The minimum Gasteiger partial charge on any atom is -0.441 e. The van der Waals surface area contributed by atoms with E-state index in [-0.39, 0.29) is 40.6 Å². The normalized spacial score (nSPS) is 16.6. The second kappa shape index (κ2) is 13.3. The van der Waals surface area contributed by atoms with Crippen LogP contribution in [0.25, 0.3) is 0 Å². The molecule has 0 fully saturated rings. The number of hydrogen-bond donors (Lipinski definition) is 5. The molecule has 13 nitrogen and oxygen atoms in total. The number of rotatable bonds is 9. The summed E-state index contributed by atoms with van der Waals surface area (Å²) < 4.78 is 51.7. The summed E-state index contributed by atoms with van der Waals surface area (Å²) >= 11 is 3.05. The molecule has 3 rings (SSSR count). The molecule has 16 heteroatoms. The third-order valence-electron chi connectivity index (χ3n) is 4.86. The van der Waals surface area contributed by atoms with Crippen molar-refractivity contribution in [3.05, 3.63) is 46.3 Å². The monoisotopic (exact) mass is 589 g/mol. The van der Waals surface area contributed by atoms with E-state index in [0.717, 1.165) is 25.7 Å². The van der Waals surface area contributed by atoms with Gasteiger partial charge in [0.25, 0.3) is 0 Å². The van der Waals surface area contributed by atoms with E-state index in [1.165, 1.54) is 18.2 Å². The highest BCUT2D eigenvalue weighted by molar-refractivity contribution is 9.10. The maximum absolute atomic E-state index is 13.4. The first-order valence-corrected chi connectivity index (χ1v) is 13.2. The quantitative estimate of drug-likeness (QED) is 0.0958. The third kappa shape index (κ3) is 8.54. The number of hydrogen-bond acceptors (Lipinski definition) is 10. The van der Waals surface area contributed by atoms with E-state index in [2.05, 4.69) is 45.9 Å². The maximum atomic E-state index is 13.4. The zero-order chi connectivity index (χ0) is 26.0. The van der Waals surface area contributed by atoms with E-state index in [4.69, 9.17) is 4.74 Å². The van der Waals surface area contributed by atoms with Crippen molar-refractivity contribution in [3.63, 3.8) is 0 Å². The number of aromatic nitrogens is 2. The molecule has 5 N–H and O–H groups in total. The summed E-state index contributed by atoms with van der Waals surface area (Å²) in [5.41, 5.74) is 2.13. The zero-order valence-electron chi connectivity index (χ0n) is 18.9. The van der Waals surface area contributed by atoms with Crippen LogP contribution in [0.5, 0.6) is 0 Å². The van der Waals surface area contributed by atoms with Gasteiger partial charge in [0.15, 0.2) is 11.5 Å². The summed E-state index contributed by atoms with van der Waals surface area (Å²) in [4.78, 5) is 16.1. The Labute approximate surface area is 214 Å². The Morgan fingerprint density at radius 2 is 2.11 bits per heavy atom. The van der Waals surface area contributed by atoms with Crippen molar-refractivity contribution in [2.75, 3.05) is 18.4 Å². The minimum atomic E-state index is -4.18. The average Bonchev–Trinajstić information content (AvgIpc) is 3.27. The van der Waals surface area contributed by atoms with Crippen LogP contribution < -0.4 is 20.2 Å². The largest absolute Gasteiger partial charge is 0.441 e. The number of carbonyl (C=O) groups excluding carboxylic acids is 1. The number of nitrogens with one attached hydrogen (secondary N) is 4. The summed E-state index contributed by atoms with van der Waals surface area (Å²) in [7, 11) is -4.18. The van der Waals surface area contributed by atoms with Gasteiger partial charge in [-0.25, -0.2) is 23.5 Å². The van der Waals surface area contributed by atoms with Gasteiger partial charge in [-0.05, 0) is 76.2 Å². The van der Waals surface area contributed by atoms with Crippen LogP contribution in [0.15, 0.2) is 44.4 Å². The van der Waals surface area contributed by atoms with E-state index in [9.17, 15) is 22.8 Å². The van der Waals surface area contributed by atoms with Crippen molar-refractivity contribution in [2.45, 2.75) is 38.2 Å². The number of hydroxylamine groups is 1. The molecule has 1 atom stereocenters. The number of allylic oxidation sites excluding steroid dienone is 1. The highest BCUT2D eigenvalue weighted by Crippen LogP contribution is 2.23. The van der Waals surface area contributed by atoms with Crippen LogP contribution in [0, 0.1) is 5.82 Å². The fourth-order valence-electron chi connectivity index (χ4n) is 3.18. The smallest absolute Gasteiger partial charge is 0.422 e. The van der Waals surface area contributed by atoms with Crippen LogP contribution in [0.3, 0.4) is 0 Å². The van der Waals surface area contributed by atoms with E-state index >= 15 is 0 Å². The molecule has 196 valence electrons. The number of halogens is 2. The summed E-state index contributed by atoms with van der Waals surface area (Å²) in [6.45, 7) is -0.147. The van der Waals surface area contributed by atoms with Gasteiger partial charge in [-0.3, -0.25) is 10.7 Å². The van der Waals surface area contributed by atoms with Gasteiger partial charge in [0, 0.05) is 13.1 Å². The molecular weight excluding hydrogens is 565 g/mol. The van der Waals surface area contributed by atoms with Gasteiger partial charge in [0.2, 0.25) is 5.82 Å². The number of ether oxygens (including phenoxy) is 1. The standard InChI is InChI=1S/C20H25BrFN7O6S/c21-15-12-13(8-9-16(15)22)25-19(26-31)17-18(28-35-27-17)23-10-11-24-36(32,33)29-20(30)34-14-6-4-2-1-3-5-7-14/h4,6,8-9,12,14,24,31H,1-3,5,7,10-11H2,(H,23,28)(H,25,26)(H,29,30). The second-order valence-corrected chi connectivity index (χ2v) is 9.92. The number of anilines is 1. The van der Waals surface area contributed by atoms with Gasteiger partial charge in [-0.2, -0.15) is 13.1 Å². The lowest BCUT2D eigenvalue weighted by molar-refractivity contribution is 0.119. The van der Waals surface area contributed by atoms with Gasteiger partial charge >= 0.3 is 16.3 Å². The molecule has 2 aromatic rings. The molecule has 0 spiro atoms. The number of amides is 1. The highest BCUT2D eigenvalue weighted by atomic mass is 79.9. The fraction of sp³-hybridized carbons (Fsp3) is 0.400. The van der Waals surface area contributed by atoms with Gasteiger partial charge in [0.05, 0.1) is 10.2 Å². The second-order valence-electron chi connectivity index (χ2n) is 7.57. The molecule has 36 heavy (non-hydrogen) atoms. The van der Waals surface area contributed by atoms with Crippen molar-refractivity contribution in [2.24, 2.45) is 4.99 Å². The Morgan fingerprint density at radius 1 is 1.28 bits per heavy atom. The molecule has 1 heterocycles. The van der Waals surface area contributed by atoms with Crippen molar-refractivity contribution >= 4 is 49.6 Å². The Balaban J connectivity index is 1.51. The molecule has 1 unspecified atom stereocenters. The van der Waals surface area contributed by atoms with Crippen molar-refractivity contribution < 1.29 is 32.2 Å². The molecule has 1 aliphatic carbocycles. The van der Waals surface area contributed by atoms with Crippen LogP contribution in [0.2, 0.25) is 0 Å². The van der Waals surface area contributed by atoms with Crippen LogP contribution in [-0.4, -0.2) is 55.1 Å². The van der Waals surface area contributed by atoms with Crippen LogP contribution in [-0.2, 0) is 14.9 Å². The molecule has 0 bridgehead atoms. The number of aliphatic imine (C=N–C) groups is 1. The lowest BCUT2D eigenvalue weighted by Gasteiger charge is -2.16. The molecule has 0 radical (unpaired) electrons. The Bertz CT molecular complexity index is 1210. The first-order chi connectivity index (χ1) is 17.3. The molecule has 1 aliphatic rings. The van der Waals surface area contributed by atoms with Crippen molar-refractivity contribution in [1.29, 1.82) is 0 Å². The van der Waals surface area contributed by atoms with E-state index in [1.807, 2.05) is 11.6 Å². The molecule has 0 saturated carbocycles. The SMILES string of the molecule is O=C(NS(=O)(=O)NCCNc1nonc1C(=Nc1ccc(F)c(Br)c1)NO)OC1C=CCCCCC1. The minimum absolute atomic E-state index is 0.00331. The van der Waals surface area contributed by atoms with Gasteiger partial charge in [0.1, 0.15) is 11.9 Å². The van der Waals surface area contributed by atoms with E-state index < -0.39 is 28.2 Å². The van der Waals surface area contributed by atoms with E-state index in [0.29, 0.717) is 6.42 Å². The molecular formula is C20H25BrFN7O6S. The van der Waals surface area contributed by atoms with E-state index in [1.54, 1.807) is 10.8 Å². The lowest BCUT2D eigenvalue weighted by atomic mass is 10.0. The molecule has 1 aromatic carbocycles. The molecule has 1 amide bonds. The third-order valence-corrected chi connectivity index (χ3v) is 6.49. The average molecular weight is 590 g/mol.